The first-order valence-corrected chi connectivity index (χ1v) is 9.98. The van der Waals surface area contributed by atoms with Crippen molar-refractivity contribution in [3.8, 4) is 11.5 Å². The molecule has 0 aliphatic carbocycles. The molecule has 6 nitrogen and oxygen atoms in total. The first-order chi connectivity index (χ1) is 14.0. The molecule has 3 aromatic rings. The molecule has 1 atom stereocenters. The summed E-state index contributed by atoms with van der Waals surface area (Å²) in [5.74, 6) is -2.89. The Morgan fingerprint density at radius 2 is 1.97 bits per heavy atom. The van der Waals surface area contributed by atoms with Crippen LogP contribution in [0.25, 0.3) is 11.5 Å². The van der Waals surface area contributed by atoms with Crippen molar-refractivity contribution in [2.24, 2.45) is 0 Å². The zero-order valence-corrected chi connectivity index (χ0v) is 17.2. The molecule has 0 spiro atoms. The maximum absolute atomic E-state index is 14.5. The minimum atomic E-state index is -1.17. The number of rotatable bonds is 6. The van der Waals surface area contributed by atoms with Gasteiger partial charge in [-0.25, -0.2) is 13.2 Å². The molecule has 2 heterocycles. The fourth-order valence-electron chi connectivity index (χ4n) is 2.99. The lowest BCUT2D eigenvalue weighted by atomic mass is 10.1. The third kappa shape index (κ3) is 4.47. The van der Waals surface area contributed by atoms with Gasteiger partial charge in [0.1, 0.15) is 5.82 Å². The van der Waals surface area contributed by atoms with Gasteiger partial charge in [-0.3, -0.25) is 0 Å². The van der Waals surface area contributed by atoms with Crippen LogP contribution in [0.2, 0.25) is 0 Å². The van der Waals surface area contributed by atoms with E-state index in [1.54, 1.807) is 6.07 Å². The van der Waals surface area contributed by atoms with Crippen LogP contribution in [0, 0.1) is 21.0 Å². The van der Waals surface area contributed by atoms with E-state index in [1.807, 2.05) is 22.6 Å². The summed E-state index contributed by atoms with van der Waals surface area (Å²) < 4.78 is 54.3. The van der Waals surface area contributed by atoms with E-state index in [0.717, 1.165) is 25.5 Å². The number of nitrogens with zero attached hydrogens (tertiary/aromatic N) is 2. The molecule has 1 saturated heterocycles. The normalized spacial score (nSPS) is 16.2. The van der Waals surface area contributed by atoms with Gasteiger partial charge in [0.05, 0.1) is 23.0 Å². The molecule has 2 aromatic carbocycles. The highest BCUT2D eigenvalue weighted by molar-refractivity contribution is 14.1. The quantitative estimate of drug-likeness (QED) is 0.445. The van der Waals surface area contributed by atoms with Crippen molar-refractivity contribution < 1.29 is 22.3 Å². The molecule has 10 heteroatoms. The summed E-state index contributed by atoms with van der Waals surface area (Å²) in [6.45, 7) is 1.22. The van der Waals surface area contributed by atoms with E-state index in [-0.39, 0.29) is 34.9 Å². The summed E-state index contributed by atoms with van der Waals surface area (Å²) >= 11 is 1.95. The van der Waals surface area contributed by atoms with E-state index < -0.39 is 17.5 Å². The smallest absolute Gasteiger partial charge is 0.315 e. The average molecular weight is 516 g/mol. The molecule has 1 aliphatic heterocycles. The molecule has 1 fully saturated rings. The van der Waals surface area contributed by atoms with Gasteiger partial charge in [-0.2, -0.15) is 0 Å². The van der Waals surface area contributed by atoms with Crippen LogP contribution in [0.5, 0.6) is 0 Å². The lowest BCUT2D eigenvalue weighted by Gasteiger charge is -2.12. The second-order valence-corrected chi connectivity index (χ2v) is 7.71. The molecular formula is C19H16F3IN4O2. The van der Waals surface area contributed by atoms with Gasteiger partial charge in [0.25, 0.3) is 5.89 Å². The number of ether oxygens (including phenoxy) is 1. The molecule has 29 heavy (non-hydrogen) atoms. The van der Waals surface area contributed by atoms with Crippen molar-refractivity contribution in [3.05, 3.63) is 51.4 Å². The Balaban J connectivity index is 1.61. The van der Waals surface area contributed by atoms with E-state index in [1.165, 1.54) is 18.2 Å². The van der Waals surface area contributed by atoms with Crippen LogP contribution in [0.3, 0.4) is 0 Å². The Kier molecular flexibility index (Phi) is 5.90. The Labute approximate surface area is 178 Å². The predicted octanol–water partition coefficient (Wildman–Crippen LogP) is 5.09. The zero-order chi connectivity index (χ0) is 20.4. The van der Waals surface area contributed by atoms with E-state index in [4.69, 9.17) is 9.15 Å². The number of benzene rings is 2. The van der Waals surface area contributed by atoms with Crippen LogP contribution in [0.4, 0.5) is 30.6 Å². The van der Waals surface area contributed by atoms with E-state index in [9.17, 15) is 13.2 Å². The number of hydrogen-bond acceptors (Lipinski definition) is 6. The first-order valence-electron chi connectivity index (χ1n) is 8.90. The van der Waals surface area contributed by atoms with Gasteiger partial charge >= 0.3 is 6.01 Å². The highest BCUT2D eigenvalue weighted by Crippen LogP contribution is 2.34. The molecule has 0 saturated carbocycles. The third-order valence-electron chi connectivity index (χ3n) is 4.45. The van der Waals surface area contributed by atoms with Crippen LogP contribution < -0.4 is 10.6 Å². The molecule has 1 aliphatic rings. The van der Waals surface area contributed by atoms with Crippen LogP contribution in [0.15, 0.2) is 34.7 Å². The molecule has 0 bridgehead atoms. The molecule has 2 N–H and O–H groups in total. The van der Waals surface area contributed by atoms with Crippen LogP contribution in [-0.2, 0) is 4.74 Å². The van der Waals surface area contributed by atoms with E-state index >= 15 is 0 Å². The Morgan fingerprint density at radius 3 is 2.72 bits per heavy atom. The molecule has 4 rings (SSSR count). The lowest BCUT2D eigenvalue weighted by Crippen LogP contribution is -2.18. The maximum Gasteiger partial charge on any atom is 0.315 e. The first kappa shape index (κ1) is 20.0. The van der Waals surface area contributed by atoms with Gasteiger partial charge in [0.2, 0.25) is 0 Å². The summed E-state index contributed by atoms with van der Waals surface area (Å²) in [7, 11) is 0. The Morgan fingerprint density at radius 1 is 1.10 bits per heavy atom. The fourth-order valence-corrected chi connectivity index (χ4v) is 3.44. The van der Waals surface area contributed by atoms with Crippen LogP contribution in [-0.4, -0.2) is 29.5 Å². The number of hydrogen-bond donors (Lipinski definition) is 2. The molecule has 1 unspecified atom stereocenters. The number of aromatic nitrogens is 2. The minimum Gasteiger partial charge on any atom is -0.403 e. The Bertz CT molecular complexity index is 1020. The molecule has 0 radical (unpaired) electrons. The van der Waals surface area contributed by atoms with Crippen molar-refractivity contribution in [3.63, 3.8) is 0 Å². The van der Waals surface area contributed by atoms with Crippen LogP contribution in [0.1, 0.15) is 12.8 Å². The summed E-state index contributed by atoms with van der Waals surface area (Å²) in [5, 5.41) is 13.4. The number of halogens is 4. The van der Waals surface area contributed by atoms with E-state index in [0.29, 0.717) is 10.1 Å². The topological polar surface area (TPSA) is 72.2 Å². The maximum atomic E-state index is 14.5. The lowest BCUT2D eigenvalue weighted by molar-refractivity contribution is 0.120. The third-order valence-corrected chi connectivity index (χ3v) is 5.12. The molecule has 152 valence electrons. The summed E-state index contributed by atoms with van der Waals surface area (Å²) in [6, 6.07) is 6.73. The van der Waals surface area contributed by atoms with Gasteiger partial charge < -0.3 is 19.8 Å². The van der Waals surface area contributed by atoms with Crippen LogP contribution >= 0.6 is 22.6 Å². The highest BCUT2D eigenvalue weighted by atomic mass is 127. The van der Waals surface area contributed by atoms with Gasteiger partial charge in [-0.15, -0.1) is 5.10 Å². The molecular weight excluding hydrogens is 500 g/mol. The number of anilines is 3. The second-order valence-electron chi connectivity index (χ2n) is 6.46. The summed E-state index contributed by atoms with van der Waals surface area (Å²) in [4.78, 5) is 0. The molecule has 1 aromatic heterocycles. The van der Waals surface area contributed by atoms with Crippen molar-refractivity contribution in [2.45, 2.75) is 18.9 Å². The molecule has 0 amide bonds. The Hall–Kier alpha value is -2.34. The van der Waals surface area contributed by atoms with Gasteiger partial charge in [-0.1, -0.05) is 5.10 Å². The van der Waals surface area contributed by atoms with Gasteiger partial charge in [0, 0.05) is 16.7 Å². The summed E-state index contributed by atoms with van der Waals surface area (Å²) in [5.41, 5.74) is -0.189. The zero-order valence-electron chi connectivity index (χ0n) is 15.0. The standard InChI is InChI=1S/C19H16F3IN4O2/c20-13-5-4-12(17(16(13)22)25-15-6-3-10(23)8-14(15)21)18-26-27-19(29-18)24-9-11-2-1-7-28-11/h3-6,8,11,25H,1-2,7,9H2,(H,24,27). The average Bonchev–Trinajstić information content (AvgIpc) is 3.37. The monoisotopic (exact) mass is 516 g/mol. The highest BCUT2D eigenvalue weighted by Gasteiger charge is 2.21. The number of nitrogens with one attached hydrogen (secondary N) is 2. The van der Waals surface area contributed by atoms with E-state index in [2.05, 4.69) is 20.8 Å². The fraction of sp³-hybridized carbons (Fsp3) is 0.263. The predicted molar refractivity (Wildman–Crippen MR) is 110 cm³/mol. The van der Waals surface area contributed by atoms with Crippen molar-refractivity contribution in [1.29, 1.82) is 0 Å². The van der Waals surface area contributed by atoms with Crippen molar-refractivity contribution >= 4 is 40.0 Å². The van der Waals surface area contributed by atoms with Gasteiger partial charge in [0.15, 0.2) is 11.6 Å². The van der Waals surface area contributed by atoms with Crippen molar-refractivity contribution in [1.82, 2.24) is 10.2 Å². The largest absolute Gasteiger partial charge is 0.403 e. The SMILES string of the molecule is Fc1cc(I)ccc1Nc1c(-c2nnc(NCC3CCCO3)o2)ccc(F)c1F. The minimum absolute atomic E-state index is 0.00703. The second kappa shape index (κ2) is 8.57. The van der Waals surface area contributed by atoms with Gasteiger partial charge in [-0.05, 0) is 65.8 Å². The summed E-state index contributed by atoms with van der Waals surface area (Å²) in [6.07, 6.45) is 2.00. The van der Waals surface area contributed by atoms with Crippen molar-refractivity contribution in [2.75, 3.05) is 23.8 Å².